The van der Waals surface area contributed by atoms with Crippen molar-refractivity contribution in [2.75, 3.05) is 5.73 Å². The summed E-state index contributed by atoms with van der Waals surface area (Å²) in [6.07, 6.45) is 1.86. The highest BCUT2D eigenvalue weighted by molar-refractivity contribution is 6.30. The topological polar surface area (TPSA) is 43.3 Å². The van der Waals surface area contributed by atoms with Crippen LogP contribution in [0.5, 0.6) is 0 Å². The van der Waals surface area contributed by atoms with E-state index in [1.54, 1.807) is 4.40 Å². The van der Waals surface area contributed by atoms with Crippen molar-refractivity contribution in [1.29, 1.82) is 0 Å². The molecule has 1 aromatic carbocycles. The summed E-state index contributed by atoms with van der Waals surface area (Å²) in [4.78, 5) is 4.36. The number of hydrogen-bond donors (Lipinski definition) is 1. The lowest BCUT2D eigenvalue weighted by atomic mass is 10.1. The normalized spacial score (nSPS) is 11.1. The molecular formula is C14H11ClFN3. The molecule has 2 aromatic heterocycles. The molecule has 0 unspecified atom stereocenters. The van der Waals surface area contributed by atoms with E-state index in [0.29, 0.717) is 27.7 Å². The van der Waals surface area contributed by atoms with Gasteiger partial charge in [-0.15, -0.1) is 0 Å². The minimum atomic E-state index is -0.392. The van der Waals surface area contributed by atoms with Gasteiger partial charge in [0, 0.05) is 16.8 Å². The Hall–Kier alpha value is -2.07. The summed E-state index contributed by atoms with van der Waals surface area (Å²) < 4.78 is 15.6. The van der Waals surface area contributed by atoms with Gasteiger partial charge in [-0.25, -0.2) is 9.37 Å². The molecule has 5 heteroatoms. The zero-order valence-electron chi connectivity index (χ0n) is 10.2. The third kappa shape index (κ3) is 1.94. The third-order valence-corrected chi connectivity index (χ3v) is 3.22. The molecule has 0 atom stereocenters. The van der Waals surface area contributed by atoms with Gasteiger partial charge in [0.2, 0.25) is 0 Å². The lowest BCUT2D eigenvalue weighted by Crippen LogP contribution is -1.95. The SMILES string of the molecule is Cc1ccc2nc(-c3cc(Cl)ccc3F)c(N)n2c1. The van der Waals surface area contributed by atoms with Crippen molar-refractivity contribution in [3.63, 3.8) is 0 Å². The summed E-state index contributed by atoms with van der Waals surface area (Å²) in [6.45, 7) is 1.96. The Morgan fingerprint density at radius 1 is 1.26 bits per heavy atom. The number of rotatable bonds is 1. The van der Waals surface area contributed by atoms with Gasteiger partial charge in [0.05, 0.1) is 0 Å². The van der Waals surface area contributed by atoms with Crippen molar-refractivity contribution >= 4 is 23.1 Å². The summed E-state index contributed by atoms with van der Waals surface area (Å²) in [5.74, 6) is 0.0103. The fraction of sp³-hybridized carbons (Fsp3) is 0.0714. The fourth-order valence-corrected chi connectivity index (χ4v) is 2.22. The van der Waals surface area contributed by atoms with E-state index in [2.05, 4.69) is 4.98 Å². The predicted octanol–water partition coefficient (Wildman–Crippen LogP) is 3.68. The molecule has 0 aliphatic heterocycles. The van der Waals surface area contributed by atoms with E-state index in [1.807, 2.05) is 25.3 Å². The first-order valence-electron chi connectivity index (χ1n) is 5.76. The molecule has 0 amide bonds. The smallest absolute Gasteiger partial charge is 0.139 e. The molecule has 0 bridgehead atoms. The standard InChI is InChI=1S/C14H11ClFN3/c1-8-2-5-12-18-13(14(17)19(12)7-8)10-6-9(15)3-4-11(10)16/h2-7H,17H2,1H3. The number of imidazole rings is 1. The highest BCUT2D eigenvalue weighted by Gasteiger charge is 2.15. The molecule has 0 aliphatic carbocycles. The average molecular weight is 276 g/mol. The molecule has 96 valence electrons. The van der Waals surface area contributed by atoms with Gasteiger partial charge in [-0.2, -0.15) is 0 Å². The second-order valence-corrected chi connectivity index (χ2v) is 4.84. The highest BCUT2D eigenvalue weighted by atomic mass is 35.5. The first-order chi connectivity index (χ1) is 9.06. The van der Waals surface area contributed by atoms with E-state index in [4.69, 9.17) is 17.3 Å². The Bertz CT molecular complexity index is 780. The zero-order chi connectivity index (χ0) is 13.6. The Kier molecular flexibility index (Phi) is 2.68. The van der Waals surface area contributed by atoms with E-state index < -0.39 is 5.82 Å². The number of fused-ring (bicyclic) bond motifs is 1. The van der Waals surface area contributed by atoms with Crippen LogP contribution in [-0.4, -0.2) is 9.38 Å². The number of anilines is 1. The minimum absolute atomic E-state index is 0.311. The molecule has 2 N–H and O–H groups in total. The van der Waals surface area contributed by atoms with Crippen LogP contribution in [0.4, 0.5) is 10.2 Å². The second-order valence-electron chi connectivity index (χ2n) is 4.40. The molecule has 3 rings (SSSR count). The molecule has 0 aliphatic rings. The second kappa shape index (κ2) is 4.24. The highest BCUT2D eigenvalue weighted by Crippen LogP contribution is 2.30. The van der Waals surface area contributed by atoms with Crippen molar-refractivity contribution in [2.24, 2.45) is 0 Å². The fourth-order valence-electron chi connectivity index (χ4n) is 2.05. The number of nitrogens with two attached hydrogens (primary N) is 1. The Labute approximate surface area is 114 Å². The molecule has 2 heterocycles. The van der Waals surface area contributed by atoms with E-state index in [9.17, 15) is 4.39 Å². The summed E-state index contributed by atoms with van der Waals surface area (Å²) in [6, 6.07) is 8.11. The van der Waals surface area contributed by atoms with Crippen LogP contribution in [0.1, 0.15) is 5.56 Å². The van der Waals surface area contributed by atoms with Crippen LogP contribution in [0, 0.1) is 12.7 Å². The average Bonchev–Trinajstić information content (AvgIpc) is 2.70. The molecule has 0 saturated heterocycles. The van der Waals surface area contributed by atoms with Crippen molar-refractivity contribution in [3.05, 3.63) is 52.9 Å². The van der Waals surface area contributed by atoms with Gasteiger partial charge in [0.15, 0.2) is 0 Å². The number of halogens is 2. The number of hydrogen-bond acceptors (Lipinski definition) is 2. The maximum atomic E-state index is 13.9. The molecule has 3 nitrogen and oxygen atoms in total. The van der Waals surface area contributed by atoms with Gasteiger partial charge in [-0.05, 0) is 36.8 Å². The van der Waals surface area contributed by atoms with Gasteiger partial charge >= 0.3 is 0 Å². The van der Waals surface area contributed by atoms with Crippen molar-refractivity contribution in [2.45, 2.75) is 6.92 Å². The predicted molar refractivity (Wildman–Crippen MR) is 74.7 cm³/mol. The van der Waals surface area contributed by atoms with Gasteiger partial charge in [0.1, 0.15) is 23.0 Å². The van der Waals surface area contributed by atoms with E-state index in [1.165, 1.54) is 18.2 Å². The maximum Gasteiger partial charge on any atom is 0.139 e. The number of nitrogens with zero attached hydrogens (tertiary/aromatic N) is 2. The maximum absolute atomic E-state index is 13.9. The summed E-state index contributed by atoms with van der Waals surface area (Å²) in [7, 11) is 0. The van der Waals surface area contributed by atoms with Crippen molar-refractivity contribution < 1.29 is 4.39 Å². The van der Waals surface area contributed by atoms with Gasteiger partial charge < -0.3 is 5.73 Å². The third-order valence-electron chi connectivity index (χ3n) is 2.99. The molecule has 0 radical (unpaired) electrons. The van der Waals surface area contributed by atoms with Crippen LogP contribution in [-0.2, 0) is 0 Å². The molecule has 0 fully saturated rings. The lowest BCUT2D eigenvalue weighted by molar-refractivity contribution is 0.631. The Morgan fingerprint density at radius 2 is 2.05 bits per heavy atom. The first-order valence-corrected chi connectivity index (χ1v) is 6.13. The molecule has 0 spiro atoms. The van der Waals surface area contributed by atoms with Crippen molar-refractivity contribution in [1.82, 2.24) is 9.38 Å². The zero-order valence-corrected chi connectivity index (χ0v) is 10.9. The number of pyridine rings is 1. The number of aryl methyl sites for hydroxylation is 1. The Morgan fingerprint density at radius 3 is 2.84 bits per heavy atom. The number of nitrogen functional groups attached to an aromatic ring is 1. The molecule has 0 saturated carbocycles. The van der Waals surface area contributed by atoms with Crippen LogP contribution >= 0.6 is 11.6 Å². The van der Waals surface area contributed by atoms with E-state index >= 15 is 0 Å². The first kappa shape index (κ1) is 12.0. The summed E-state index contributed by atoms with van der Waals surface area (Å²) in [5.41, 5.74) is 8.50. The monoisotopic (exact) mass is 275 g/mol. The van der Waals surface area contributed by atoms with Crippen LogP contribution in [0.2, 0.25) is 5.02 Å². The van der Waals surface area contributed by atoms with E-state index in [-0.39, 0.29) is 0 Å². The Balaban J connectivity index is 2.31. The quantitative estimate of drug-likeness (QED) is 0.736. The molecule has 19 heavy (non-hydrogen) atoms. The van der Waals surface area contributed by atoms with Gasteiger partial charge in [0.25, 0.3) is 0 Å². The number of benzene rings is 1. The number of aromatic nitrogens is 2. The van der Waals surface area contributed by atoms with Crippen molar-refractivity contribution in [3.8, 4) is 11.3 Å². The largest absolute Gasteiger partial charge is 0.383 e. The van der Waals surface area contributed by atoms with Gasteiger partial charge in [-0.3, -0.25) is 4.40 Å². The molecular weight excluding hydrogens is 265 g/mol. The summed E-state index contributed by atoms with van der Waals surface area (Å²) in [5, 5.41) is 0.448. The van der Waals surface area contributed by atoms with Gasteiger partial charge in [-0.1, -0.05) is 17.7 Å². The lowest BCUT2D eigenvalue weighted by Gasteiger charge is -2.02. The van der Waals surface area contributed by atoms with Crippen LogP contribution in [0.15, 0.2) is 36.5 Å². The van der Waals surface area contributed by atoms with Crippen LogP contribution in [0.25, 0.3) is 16.9 Å². The van der Waals surface area contributed by atoms with Crippen LogP contribution < -0.4 is 5.73 Å². The summed E-state index contributed by atoms with van der Waals surface area (Å²) >= 11 is 5.90. The molecule has 3 aromatic rings. The minimum Gasteiger partial charge on any atom is -0.383 e. The van der Waals surface area contributed by atoms with E-state index in [0.717, 1.165) is 5.56 Å². The van der Waals surface area contributed by atoms with Crippen LogP contribution in [0.3, 0.4) is 0 Å².